The van der Waals surface area contributed by atoms with Gasteiger partial charge in [-0.2, -0.15) is 0 Å². The second-order valence-corrected chi connectivity index (χ2v) is 5.82. The number of carbonyl (C=O) groups excluding carboxylic acids is 3. The molecule has 1 unspecified atom stereocenters. The van der Waals surface area contributed by atoms with Crippen LogP contribution in [0.25, 0.3) is 0 Å². The second-order valence-electron chi connectivity index (χ2n) is 4.72. The van der Waals surface area contributed by atoms with Gasteiger partial charge in [-0.15, -0.1) is 0 Å². The SMILES string of the molecule is CC(C)OC(=O)C(Br)CN1C(=O)c2ccccc2C1=O. The van der Waals surface area contributed by atoms with Crippen LogP contribution in [0.4, 0.5) is 0 Å². The molecular formula is C14H14BrNO4. The number of amides is 2. The summed E-state index contributed by atoms with van der Waals surface area (Å²) >= 11 is 3.16. The number of benzene rings is 1. The summed E-state index contributed by atoms with van der Waals surface area (Å²) in [5.41, 5.74) is 0.740. The molecule has 106 valence electrons. The van der Waals surface area contributed by atoms with Crippen LogP contribution in [0.1, 0.15) is 34.6 Å². The first-order chi connectivity index (χ1) is 9.41. The van der Waals surface area contributed by atoms with Gasteiger partial charge in [0.05, 0.1) is 23.8 Å². The Labute approximate surface area is 125 Å². The highest BCUT2D eigenvalue weighted by atomic mass is 79.9. The summed E-state index contributed by atoms with van der Waals surface area (Å²) < 4.78 is 5.03. The first-order valence-electron chi connectivity index (χ1n) is 6.21. The fourth-order valence-electron chi connectivity index (χ4n) is 1.95. The van der Waals surface area contributed by atoms with Crippen molar-refractivity contribution in [1.29, 1.82) is 0 Å². The Kier molecular flexibility index (Phi) is 4.23. The zero-order valence-electron chi connectivity index (χ0n) is 11.1. The van der Waals surface area contributed by atoms with Crippen molar-refractivity contribution in [2.45, 2.75) is 24.8 Å². The highest BCUT2D eigenvalue weighted by Crippen LogP contribution is 2.23. The summed E-state index contributed by atoms with van der Waals surface area (Å²) in [6, 6.07) is 6.61. The lowest BCUT2D eigenvalue weighted by atomic mass is 10.1. The zero-order valence-corrected chi connectivity index (χ0v) is 12.7. The van der Waals surface area contributed by atoms with Crippen LogP contribution < -0.4 is 0 Å². The van der Waals surface area contributed by atoms with E-state index >= 15 is 0 Å². The molecule has 0 N–H and O–H groups in total. The molecule has 0 bridgehead atoms. The molecule has 5 nitrogen and oxygen atoms in total. The molecule has 1 aliphatic heterocycles. The highest BCUT2D eigenvalue weighted by Gasteiger charge is 2.37. The molecule has 0 saturated carbocycles. The van der Waals surface area contributed by atoms with Crippen molar-refractivity contribution < 1.29 is 19.1 Å². The lowest BCUT2D eigenvalue weighted by Crippen LogP contribution is -2.38. The monoisotopic (exact) mass is 339 g/mol. The number of imide groups is 1. The molecule has 20 heavy (non-hydrogen) atoms. The van der Waals surface area contributed by atoms with Crippen molar-refractivity contribution in [2.24, 2.45) is 0 Å². The summed E-state index contributed by atoms with van der Waals surface area (Å²) in [5, 5.41) is 0. The number of nitrogens with zero attached hydrogens (tertiary/aromatic N) is 1. The molecule has 0 saturated heterocycles. The molecule has 0 spiro atoms. The van der Waals surface area contributed by atoms with Gasteiger partial charge in [0, 0.05) is 0 Å². The number of rotatable bonds is 4. The van der Waals surface area contributed by atoms with Crippen LogP contribution in [-0.4, -0.2) is 40.2 Å². The van der Waals surface area contributed by atoms with E-state index < -0.39 is 10.8 Å². The van der Waals surface area contributed by atoms with Gasteiger partial charge in [-0.25, -0.2) is 0 Å². The third-order valence-corrected chi connectivity index (χ3v) is 3.49. The molecule has 2 amide bonds. The summed E-state index contributed by atoms with van der Waals surface area (Å²) in [6.07, 6.45) is -0.246. The summed E-state index contributed by atoms with van der Waals surface area (Å²) in [7, 11) is 0. The minimum absolute atomic E-state index is 0.0438. The lowest BCUT2D eigenvalue weighted by molar-refractivity contribution is -0.146. The topological polar surface area (TPSA) is 63.7 Å². The van der Waals surface area contributed by atoms with Crippen molar-refractivity contribution in [2.75, 3.05) is 6.54 Å². The van der Waals surface area contributed by atoms with Crippen LogP contribution in [0.5, 0.6) is 0 Å². The maximum Gasteiger partial charge on any atom is 0.321 e. The number of carbonyl (C=O) groups is 3. The molecular weight excluding hydrogens is 326 g/mol. The normalized spacial score (nSPS) is 15.5. The number of hydrogen-bond acceptors (Lipinski definition) is 4. The van der Waals surface area contributed by atoms with E-state index in [4.69, 9.17) is 4.74 Å². The van der Waals surface area contributed by atoms with Gasteiger partial charge < -0.3 is 4.74 Å². The molecule has 2 rings (SSSR count). The van der Waals surface area contributed by atoms with Gasteiger partial charge in [-0.05, 0) is 26.0 Å². The quantitative estimate of drug-likeness (QED) is 0.478. The van der Waals surface area contributed by atoms with Gasteiger partial charge in [-0.3, -0.25) is 19.3 Å². The number of halogens is 1. The highest BCUT2D eigenvalue weighted by molar-refractivity contribution is 9.10. The predicted octanol–water partition coefficient (Wildman–Crippen LogP) is 2.00. The molecule has 1 heterocycles. The molecule has 1 aromatic rings. The summed E-state index contributed by atoms with van der Waals surface area (Å²) in [4.78, 5) is 36.3. The van der Waals surface area contributed by atoms with Gasteiger partial charge in [0.15, 0.2) is 0 Å². The Hall–Kier alpha value is -1.69. The fraction of sp³-hybridized carbons (Fsp3) is 0.357. The third kappa shape index (κ3) is 2.75. The van der Waals surface area contributed by atoms with E-state index in [0.29, 0.717) is 11.1 Å². The first kappa shape index (κ1) is 14.7. The van der Waals surface area contributed by atoms with Gasteiger partial charge in [0.25, 0.3) is 11.8 Å². The number of ether oxygens (including phenoxy) is 1. The molecule has 0 aromatic heterocycles. The molecule has 0 radical (unpaired) electrons. The fourth-order valence-corrected chi connectivity index (χ4v) is 2.34. The Morgan fingerprint density at radius 2 is 1.70 bits per heavy atom. The van der Waals surface area contributed by atoms with Crippen LogP contribution in [0.3, 0.4) is 0 Å². The van der Waals surface area contributed by atoms with E-state index in [2.05, 4.69) is 15.9 Å². The largest absolute Gasteiger partial charge is 0.462 e. The van der Waals surface area contributed by atoms with Crippen molar-refractivity contribution in [3.05, 3.63) is 35.4 Å². The number of esters is 1. The summed E-state index contributed by atoms with van der Waals surface area (Å²) in [5.74, 6) is -1.25. The average Bonchev–Trinajstić information content (AvgIpc) is 2.64. The zero-order chi connectivity index (χ0) is 14.9. The molecule has 1 aromatic carbocycles. The van der Waals surface area contributed by atoms with Gasteiger partial charge in [0.1, 0.15) is 4.83 Å². The second kappa shape index (κ2) is 5.75. The Morgan fingerprint density at radius 3 is 2.15 bits per heavy atom. The van der Waals surface area contributed by atoms with Gasteiger partial charge >= 0.3 is 5.97 Å². The number of hydrogen-bond donors (Lipinski definition) is 0. The minimum atomic E-state index is -0.730. The summed E-state index contributed by atoms with van der Waals surface area (Å²) in [6.45, 7) is 3.43. The van der Waals surface area contributed by atoms with Gasteiger partial charge in [0.2, 0.25) is 0 Å². The van der Waals surface area contributed by atoms with E-state index in [0.717, 1.165) is 4.90 Å². The smallest absolute Gasteiger partial charge is 0.321 e. The third-order valence-electron chi connectivity index (χ3n) is 2.83. The Balaban J connectivity index is 2.11. The molecule has 1 atom stereocenters. The van der Waals surface area contributed by atoms with Crippen LogP contribution >= 0.6 is 15.9 Å². The van der Waals surface area contributed by atoms with Crippen LogP contribution in [0.15, 0.2) is 24.3 Å². The predicted molar refractivity (Wildman–Crippen MR) is 75.8 cm³/mol. The van der Waals surface area contributed by atoms with E-state index in [-0.39, 0.29) is 24.5 Å². The maximum atomic E-state index is 12.1. The molecule has 0 fully saturated rings. The average molecular weight is 340 g/mol. The van der Waals surface area contributed by atoms with Crippen LogP contribution in [0, 0.1) is 0 Å². The van der Waals surface area contributed by atoms with Gasteiger partial charge in [-0.1, -0.05) is 28.1 Å². The van der Waals surface area contributed by atoms with E-state index in [1.807, 2.05) is 0 Å². The molecule has 0 aliphatic carbocycles. The standard InChI is InChI=1S/C14H14BrNO4/c1-8(2)20-14(19)11(15)7-16-12(17)9-5-3-4-6-10(9)13(16)18/h3-6,8,11H,7H2,1-2H3. The van der Waals surface area contributed by atoms with Crippen molar-refractivity contribution in [3.63, 3.8) is 0 Å². The number of alkyl halides is 1. The van der Waals surface area contributed by atoms with Crippen molar-refractivity contribution in [3.8, 4) is 0 Å². The molecule has 6 heteroatoms. The van der Waals surface area contributed by atoms with Crippen molar-refractivity contribution >= 4 is 33.7 Å². The van der Waals surface area contributed by atoms with Crippen molar-refractivity contribution in [1.82, 2.24) is 4.90 Å². The first-order valence-corrected chi connectivity index (χ1v) is 7.13. The maximum absolute atomic E-state index is 12.1. The van der Waals surface area contributed by atoms with E-state index in [9.17, 15) is 14.4 Å². The lowest BCUT2D eigenvalue weighted by Gasteiger charge is -2.18. The van der Waals surface area contributed by atoms with E-state index in [1.165, 1.54) is 0 Å². The minimum Gasteiger partial charge on any atom is -0.462 e. The number of fused-ring (bicyclic) bond motifs is 1. The Bertz CT molecular complexity index is 535. The Morgan fingerprint density at radius 1 is 1.20 bits per heavy atom. The van der Waals surface area contributed by atoms with Crippen LogP contribution in [-0.2, 0) is 9.53 Å². The van der Waals surface area contributed by atoms with Crippen LogP contribution in [0.2, 0.25) is 0 Å². The van der Waals surface area contributed by atoms with E-state index in [1.54, 1.807) is 38.1 Å². The molecule has 1 aliphatic rings.